The minimum Gasteiger partial charge on any atom is -0.359 e. The molecule has 1 amide bonds. The second-order valence-electron chi connectivity index (χ2n) is 7.02. The van der Waals surface area contributed by atoms with Gasteiger partial charge in [0.2, 0.25) is 0 Å². The summed E-state index contributed by atoms with van der Waals surface area (Å²) < 4.78 is 5.43. The number of nitrogens with zero attached hydrogens (tertiary/aromatic N) is 2. The predicted octanol–water partition coefficient (Wildman–Crippen LogP) is 3.69. The molecule has 0 radical (unpaired) electrons. The van der Waals surface area contributed by atoms with E-state index >= 15 is 0 Å². The third-order valence-corrected chi connectivity index (χ3v) is 5.03. The standard InChI is InChI=1S/C22H23N3O2/c1-25(15-20-13-21(24-27-20)16-6-3-2-4-7-16)22(26)18-9-5-8-17(12-18)19-10-11-23-14-19/h2-9,12-13,19,23H,10-11,14-15H2,1H3. The number of carbonyl (C=O) groups is 1. The number of carbonyl (C=O) groups excluding carboxylic acids is 1. The first-order chi connectivity index (χ1) is 13.2. The van der Waals surface area contributed by atoms with Gasteiger partial charge in [0.1, 0.15) is 5.69 Å². The lowest BCUT2D eigenvalue weighted by atomic mass is 9.96. The van der Waals surface area contributed by atoms with Crippen LogP contribution in [0.15, 0.2) is 65.2 Å². The summed E-state index contributed by atoms with van der Waals surface area (Å²) in [4.78, 5) is 14.5. The molecule has 2 aromatic carbocycles. The summed E-state index contributed by atoms with van der Waals surface area (Å²) in [5, 5.41) is 7.49. The fourth-order valence-corrected chi connectivity index (χ4v) is 3.52. The Labute approximate surface area is 159 Å². The van der Waals surface area contributed by atoms with Gasteiger partial charge in [0, 0.05) is 30.8 Å². The van der Waals surface area contributed by atoms with E-state index in [1.807, 2.05) is 54.6 Å². The molecule has 0 saturated carbocycles. The molecule has 5 nitrogen and oxygen atoms in total. The van der Waals surface area contributed by atoms with E-state index in [-0.39, 0.29) is 5.91 Å². The Hall–Kier alpha value is -2.92. The quantitative estimate of drug-likeness (QED) is 0.753. The number of amides is 1. The lowest BCUT2D eigenvalue weighted by Gasteiger charge is -2.17. The van der Waals surface area contributed by atoms with Crippen LogP contribution in [0.25, 0.3) is 11.3 Å². The van der Waals surface area contributed by atoms with E-state index in [2.05, 4.69) is 16.5 Å². The Balaban J connectivity index is 1.45. The highest BCUT2D eigenvalue weighted by Crippen LogP contribution is 2.24. The summed E-state index contributed by atoms with van der Waals surface area (Å²) in [6.45, 7) is 2.40. The summed E-state index contributed by atoms with van der Waals surface area (Å²) >= 11 is 0. The van der Waals surface area contributed by atoms with Crippen molar-refractivity contribution in [1.29, 1.82) is 0 Å². The second-order valence-corrected chi connectivity index (χ2v) is 7.02. The first-order valence-corrected chi connectivity index (χ1v) is 9.28. The molecule has 138 valence electrons. The number of benzene rings is 2. The number of aromatic nitrogens is 1. The summed E-state index contributed by atoms with van der Waals surface area (Å²) in [5.41, 5.74) is 3.72. The van der Waals surface area contributed by atoms with Gasteiger partial charge in [-0.2, -0.15) is 0 Å². The Morgan fingerprint density at radius 2 is 2.04 bits per heavy atom. The van der Waals surface area contributed by atoms with Crippen LogP contribution in [0.1, 0.15) is 34.0 Å². The van der Waals surface area contributed by atoms with E-state index in [1.165, 1.54) is 5.56 Å². The van der Waals surface area contributed by atoms with Crippen LogP contribution in [0.3, 0.4) is 0 Å². The molecule has 0 spiro atoms. The normalized spacial score (nSPS) is 16.4. The smallest absolute Gasteiger partial charge is 0.254 e. The highest BCUT2D eigenvalue weighted by Gasteiger charge is 2.19. The highest BCUT2D eigenvalue weighted by molar-refractivity contribution is 5.94. The molecular weight excluding hydrogens is 338 g/mol. The van der Waals surface area contributed by atoms with Crippen LogP contribution in [0.5, 0.6) is 0 Å². The maximum Gasteiger partial charge on any atom is 0.254 e. The molecular formula is C22H23N3O2. The summed E-state index contributed by atoms with van der Waals surface area (Å²) in [7, 11) is 1.79. The van der Waals surface area contributed by atoms with Gasteiger partial charge in [-0.1, -0.05) is 47.6 Å². The average Bonchev–Trinajstić information content (AvgIpc) is 3.40. The largest absolute Gasteiger partial charge is 0.359 e. The molecule has 1 atom stereocenters. The molecule has 0 bridgehead atoms. The van der Waals surface area contributed by atoms with Crippen molar-refractivity contribution < 1.29 is 9.32 Å². The Morgan fingerprint density at radius 1 is 1.19 bits per heavy atom. The van der Waals surface area contributed by atoms with E-state index in [4.69, 9.17) is 4.52 Å². The van der Waals surface area contributed by atoms with Gasteiger partial charge in [0.15, 0.2) is 5.76 Å². The van der Waals surface area contributed by atoms with Gasteiger partial charge in [0.05, 0.1) is 6.54 Å². The molecule has 1 N–H and O–H groups in total. The molecule has 1 aromatic heterocycles. The predicted molar refractivity (Wildman–Crippen MR) is 104 cm³/mol. The maximum absolute atomic E-state index is 12.8. The Kier molecular flexibility index (Phi) is 5.03. The van der Waals surface area contributed by atoms with E-state index in [0.29, 0.717) is 23.8 Å². The monoisotopic (exact) mass is 361 g/mol. The van der Waals surface area contributed by atoms with Crippen molar-refractivity contribution in [2.45, 2.75) is 18.9 Å². The minimum absolute atomic E-state index is 0.0135. The molecule has 1 saturated heterocycles. The highest BCUT2D eigenvalue weighted by atomic mass is 16.5. The van der Waals surface area contributed by atoms with Crippen molar-refractivity contribution in [3.8, 4) is 11.3 Å². The van der Waals surface area contributed by atoms with Crippen molar-refractivity contribution in [1.82, 2.24) is 15.4 Å². The lowest BCUT2D eigenvalue weighted by Crippen LogP contribution is -2.26. The van der Waals surface area contributed by atoms with Crippen LogP contribution in [0.2, 0.25) is 0 Å². The Bertz CT molecular complexity index is 914. The zero-order valence-electron chi connectivity index (χ0n) is 15.4. The van der Waals surface area contributed by atoms with Crippen molar-refractivity contribution in [2.75, 3.05) is 20.1 Å². The van der Waals surface area contributed by atoms with Gasteiger partial charge in [-0.3, -0.25) is 4.79 Å². The van der Waals surface area contributed by atoms with Gasteiger partial charge < -0.3 is 14.7 Å². The van der Waals surface area contributed by atoms with Crippen LogP contribution in [0, 0.1) is 0 Å². The van der Waals surface area contributed by atoms with Crippen LogP contribution < -0.4 is 5.32 Å². The third kappa shape index (κ3) is 3.93. The number of hydrogen-bond acceptors (Lipinski definition) is 4. The fraction of sp³-hybridized carbons (Fsp3) is 0.273. The lowest BCUT2D eigenvalue weighted by molar-refractivity contribution is 0.0772. The van der Waals surface area contributed by atoms with E-state index in [9.17, 15) is 4.79 Å². The van der Waals surface area contributed by atoms with Gasteiger partial charge in [0.25, 0.3) is 5.91 Å². The van der Waals surface area contributed by atoms with E-state index in [0.717, 1.165) is 30.8 Å². The number of hydrogen-bond donors (Lipinski definition) is 1. The number of rotatable bonds is 5. The second kappa shape index (κ2) is 7.76. The summed E-state index contributed by atoms with van der Waals surface area (Å²) in [6, 6.07) is 19.7. The topological polar surface area (TPSA) is 58.4 Å². The first-order valence-electron chi connectivity index (χ1n) is 9.28. The minimum atomic E-state index is -0.0135. The van der Waals surface area contributed by atoms with Gasteiger partial charge in [-0.25, -0.2) is 0 Å². The molecule has 3 aromatic rings. The zero-order chi connectivity index (χ0) is 18.6. The molecule has 27 heavy (non-hydrogen) atoms. The van der Waals surface area contributed by atoms with Crippen LogP contribution in [-0.4, -0.2) is 36.1 Å². The molecule has 4 rings (SSSR count). The van der Waals surface area contributed by atoms with Crippen LogP contribution >= 0.6 is 0 Å². The Morgan fingerprint density at radius 3 is 2.81 bits per heavy atom. The molecule has 1 fully saturated rings. The first kappa shape index (κ1) is 17.5. The molecule has 1 aliphatic rings. The SMILES string of the molecule is CN(Cc1cc(-c2ccccc2)no1)C(=O)c1cccc(C2CCNC2)c1. The van der Waals surface area contributed by atoms with Crippen molar-refractivity contribution >= 4 is 5.91 Å². The van der Waals surface area contributed by atoms with E-state index in [1.54, 1.807) is 11.9 Å². The molecule has 2 heterocycles. The van der Waals surface area contributed by atoms with Gasteiger partial charge in [-0.15, -0.1) is 0 Å². The van der Waals surface area contributed by atoms with Gasteiger partial charge >= 0.3 is 0 Å². The number of nitrogens with one attached hydrogen (secondary N) is 1. The molecule has 5 heteroatoms. The van der Waals surface area contributed by atoms with E-state index < -0.39 is 0 Å². The van der Waals surface area contributed by atoms with Crippen molar-refractivity contribution in [3.63, 3.8) is 0 Å². The van der Waals surface area contributed by atoms with Gasteiger partial charge in [-0.05, 0) is 36.6 Å². The fourth-order valence-electron chi connectivity index (χ4n) is 3.52. The summed E-state index contributed by atoms with van der Waals surface area (Å²) in [6.07, 6.45) is 1.12. The summed E-state index contributed by atoms with van der Waals surface area (Å²) in [5.74, 6) is 1.15. The molecule has 1 unspecified atom stereocenters. The molecule has 1 aliphatic heterocycles. The third-order valence-electron chi connectivity index (χ3n) is 5.03. The van der Waals surface area contributed by atoms with Crippen molar-refractivity contribution in [3.05, 3.63) is 77.6 Å². The van der Waals surface area contributed by atoms with Crippen LogP contribution in [-0.2, 0) is 6.54 Å². The zero-order valence-corrected chi connectivity index (χ0v) is 15.4. The molecule has 0 aliphatic carbocycles. The average molecular weight is 361 g/mol. The van der Waals surface area contributed by atoms with Crippen LogP contribution in [0.4, 0.5) is 0 Å². The maximum atomic E-state index is 12.8. The van der Waals surface area contributed by atoms with Crippen molar-refractivity contribution in [2.24, 2.45) is 0 Å².